The zero-order chi connectivity index (χ0) is 24.2. The summed E-state index contributed by atoms with van der Waals surface area (Å²) < 4.78 is 0. The molecule has 6 nitrogen and oxygen atoms in total. The molecule has 6 heteroatoms. The Morgan fingerprint density at radius 2 is 1.71 bits per heavy atom. The number of aliphatic imine (C=N–C) groups is 1. The third-order valence-electron chi connectivity index (χ3n) is 6.93. The number of aromatic nitrogens is 2. The average molecular weight is 466 g/mol. The molecule has 0 saturated carbocycles. The van der Waals surface area contributed by atoms with Gasteiger partial charge in [0.2, 0.25) is 5.91 Å². The minimum absolute atomic E-state index is 0.0467. The highest BCUT2D eigenvalue weighted by Gasteiger charge is 2.27. The smallest absolute Gasteiger partial charge is 0.222 e. The van der Waals surface area contributed by atoms with Crippen LogP contribution in [-0.2, 0) is 4.79 Å². The minimum Gasteiger partial charge on any atom is -0.353 e. The van der Waals surface area contributed by atoms with E-state index in [9.17, 15) is 4.79 Å². The van der Waals surface area contributed by atoms with Gasteiger partial charge in [0.1, 0.15) is 5.82 Å². The third kappa shape index (κ3) is 5.16. The first-order chi connectivity index (χ1) is 17.1. The van der Waals surface area contributed by atoms with E-state index in [1.807, 2.05) is 53.7 Å². The van der Waals surface area contributed by atoms with Gasteiger partial charge in [0.05, 0.1) is 17.4 Å². The second kappa shape index (κ2) is 10.2. The molecule has 0 spiro atoms. The maximum Gasteiger partial charge on any atom is 0.222 e. The van der Waals surface area contributed by atoms with Crippen molar-refractivity contribution < 1.29 is 4.79 Å². The van der Waals surface area contributed by atoms with Gasteiger partial charge in [-0.05, 0) is 66.8 Å². The number of amides is 1. The van der Waals surface area contributed by atoms with Gasteiger partial charge in [-0.15, -0.1) is 0 Å². The molecule has 1 saturated heterocycles. The molecule has 1 unspecified atom stereocenters. The molecular weight excluding hydrogens is 434 g/mol. The van der Waals surface area contributed by atoms with Gasteiger partial charge in [-0.25, -0.2) is 4.98 Å². The van der Waals surface area contributed by atoms with Crippen LogP contribution in [0.5, 0.6) is 0 Å². The van der Waals surface area contributed by atoms with Crippen LogP contribution in [0.3, 0.4) is 0 Å². The summed E-state index contributed by atoms with van der Waals surface area (Å²) in [7, 11) is 0. The molecule has 35 heavy (non-hydrogen) atoms. The lowest BCUT2D eigenvalue weighted by Crippen LogP contribution is -2.49. The molecule has 2 aromatic heterocycles. The van der Waals surface area contributed by atoms with Crippen molar-refractivity contribution in [2.75, 3.05) is 31.1 Å². The number of nitrogens with zero attached hydrogens (tertiary/aromatic N) is 5. The van der Waals surface area contributed by atoms with E-state index in [2.05, 4.69) is 53.0 Å². The van der Waals surface area contributed by atoms with Crippen LogP contribution in [0, 0.1) is 13.8 Å². The van der Waals surface area contributed by atoms with Crippen LogP contribution in [0.1, 0.15) is 35.2 Å². The quantitative estimate of drug-likeness (QED) is 0.539. The molecule has 5 rings (SSSR count). The Morgan fingerprint density at radius 3 is 2.43 bits per heavy atom. The van der Waals surface area contributed by atoms with E-state index in [1.54, 1.807) is 0 Å². The first kappa shape index (κ1) is 23.0. The Kier molecular flexibility index (Phi) is 6.70. The fraction of sp³-hybridized carbons (Fsp3) is 0.310. The van der Waals surface area contributed by atoms with E-state index in [-0.39, 0.29) is 11.9 Å². The fourth-order valence-corrected chi connectivity index (χ4v) is 4.69. The Morgan fingerprint density at radius 1 is 0.943 bits per heavy atom. The third-order valence-corrected chi connectivity index (χ3v) is 6.93. The Balaban J connectivity index is 1.26. The molecule has 2 aliphatic heterocycles. The summed E-state index contributed by atoms with van der Waals surface area (Å²) in [5.74, 6) is 1.18. The summed E-state index contributed by atoms with van der Waals surface area (Å²) in [5, 5.41) is 0. The highest BCUT2D eigenvalue weighted by atomic mass is 16.2. The number of piperazine rings is 1. The lowest BCUT2D eigenvalue weighted by Gasteiger charge is -2.35. The molecule has 0 N–H and O–H groups in total. The van der Waals surface area contributed by atoms with Gasteiger partial charge in [0.25, 0.3) is 0 Å². The standard InChI is InChI=1S/C29H31N5O/c1-21-18-26(31-20-22(21)2)27-19-24(23-8-4-3-5-9-23)25(32-27)11-12-29(35)34-16-14-33(15-17-34)28-10-6-7-13-30-28/h3-10,13,18-20,25H,11-12,14-17H2,1-2H3. The van der Waals surface area contributed by atoms with Gasteiger partial charge in [0.15, 0.2) is 0 Å². The largest absolute Gasteiger partial charge is 0.353 e. The van der Waals surface area contributed by atoms with Crippen molar-refractivity contribution in [3.05, 3.63) is 95.5 Å². The highest BCUT2D eigenvalue weighted by Crippen LogP contribution is 2.30. The number of aryl methyl sites for hydroxylation is 2. The van der Waals surface area contributed by atoms with Crippen molar-refractivity contribution in [2.45, 2.75) is 32.7 Å². The van der Waals surface area contributed by atoms with Gasteiger partial charge in [-0.1, -0.05) is 36.4 Å². The molecule has 0 bridgehead atoms. The second-order valence-electron chi connectivity index (χ2n) is 9.24. The van der Waals surface area contributed by atoms with Gasteiger partial charge >= 0.3 is 0 Å². The fourth-order valence-electron chi connectivity index (χ4n) is 4.69. The van der Waals surface area contributed by atoms with Crippen molar-refractivity contribution in [1.29, 1.82) is 0 Å². The molecule has 1 atom stereocenters. The number of anilines is 1. The predicted octanol–water partition coefficient (Wildman–Crippen LogP) is 4.48. The molecule has 0 radical (unpaired) electrons. The summed E-state index contributed by atoms with van der Waals surface area (Å²) in [6.45, 7) is 7.23. The number of benzene rings is 1. The van der Waals surface area contributed by atoms with Crippen molar-refractivity contribution >= 4 is 23.0 Å². The van der Waals surface area contributed by atoms with Crippen molar-refractivity contribution in [3.8, 4) is 0 Å². The normalized spacial score (nSPS) is 17.8. The maximum absolute atomic E-state index is 13.1. The summed E-state index contributed by atoms with van der Waals surface area (Å²) in [6.07, 6.45) is 7.04. The monoisotopic (exact) mass is 465 g/mol. The van der Waals surface area contributed by atoms with Crippen LogP contribution in [0.4, 0.5) is 5.82 Å². The van der Waals surface area contributed by atoms with Crippen molar-refractivity contribution in [1.82, 2.24) is 14.9 Å². The second-order valence-corrected chi connectivity index (χ2v) is 9.24. The lowest BCUT2D eigenvalue weighted by atomic mass is 9.96. The first-order valence-corrected chi connectivity index (χ1v) is 12.3. The highest BCUT2D eigenvalue weighted by molar-refractivity contribution is 6.14. The molecule has 0 aliphatic carbocycles. The number of rotatable bonds is 6. The molecule has 178 valence electrons. The van der Waals surface area contributed by atoms with Gasteiger partial charge in [-0.2, -0.15) is 0 Å². The van der Waals surface area contributed by atoms with Crippen molar-refractivity contribution in [2.24, 2.45) is 4.99 Å². The van der Waals surface area contributed by atoms with E-state index in [1.165, 1.54) is 11.1 Å². The van der Waals surface area contributed by atoms with Crippen molar-refractivity contribution in [3.63, 3.8) is 0 Å². The number of hydrogen-bond donors (Lipinski definition) is 0. The van der Waals surface area contributed by atoms with E-state index >= 15 is 0 Å². The number of pyridine rings is 2. The molecule has 4 heterocycles. The minimum atomic E-state index is -0.0467. The zero-order valence-corrected chi connectivity index (χ0v) is 20.4. The maximum atomic E-state index is 13.1. The molecule has 3 aromatic rings. The van der Waals surface area contributed by atoms with E-state index in [0.717, 1.165) is 54.5 Å². The Hall–Kier alpha value is -3.80. The van der Waals surface area contributed by atoms with E-state index in [0.29, 0.717) is 12.8 Å². The lowest BCUT2D eigenvalue weighted by molar-refractivity contribution is -0.131. The van der Waals surface area contributed by atoms with E-state index in [4.69, 9.17) is 4.99 Å². The summed E-state index contributed by atoms with van der Waals surface area (Å²) in [4.78, 5) is 31.4. The SMILES string of the molecule is Cc1cnc(C2=NC(CCC(=O)N3CCN(c4ccccn4)CC3)C(c3ccccc3)=C2)cc1C. The van der Waals surface area contributed by atoms with Crippen LogP contribution >= 0.6 is 0 Å². The molecule has 1 aromatic carbocycles. The molecular formula is C29H31N5O. The topological polar surface area (TPSA) is 61.7 Å². The number of carbonyl (C=O) groups excluding carboxylic acids is 1. The van der Waals surface area contributed by atoms with Crippen LogP contribution < -0.4 is 4.90 Å². The Bertz CT molecular complexity index is 1240. The Labute approximate surface area is 207 Å². The van der Waals surface area contributed by atoms with Crippen LogP contribution in [0.25, 0.3) is 5.57 Å². The summed E-state index contributed by atoms with van der Waals surface area (Å²) >= 11 is 0. The summed E-state index contributed by atoms with van der Waals surface area (Å²) in [5.41, 5.74) is 6.47. The van der Waals surface area contributed by atoms with Crippen LogP contribution in [0.15, 0.2) is 78.1 Å². The molecule has 2 aliphatic rings. The van der Waals surface area contributed by atoms with Crippen LogP contribution in [-0.4, -0.2) is 58.7 Å². The molecule has 1 fully saturated rings. The predicted molar refractivity (Wildman–Crippen MR) is 141 cm³/mol. The van der Waals surface area contributed by atoms with Crippen LogP contribution in [0.2, 0.25) is 0 Å². The number of allylic oxidation sites excluding steroid dienone is 1. The van der Waals surface area contributed by atoms with Gasteiger partial charge < -0.3 is 9.80 Å². The van der Waals surface area contributed by atoms with E-state index < -0.39 is 0 Å². The number of carbonyl (C=O) groups is 1. The van der Waals surface area contributed by atoms with Gasteiger partial charge in [-0.3, -0.25) is 14.8 Å². The average Bonchev–Trinajstić information content (AvgIpc) is 3.34. The first-order valence-electron chi connectivity index (χ1n) is 12.3. The molecule has 1 amide bonds. The summed E-state index contributed by atoms with van der Waals surface area (Å²) in [6, 6.07) is 18.3. The number of hydrogen-bond acceptors (Lipinski definition) is 5. The van der Waals surface area contributed by atoms with Gasteiger partial charge in [0, 0.05) is 45.0 Å². The zero-order valence-electron chi connectivity index (χ0n) is 20.4.